The summed E-state index contributed by atoms with van der Waals surface area (Å²) in [6.45, 7) is -0.728. The molecule has 0 radical (unpaired) electrons. The first kappa shape index (κ1) is 26.7. The second-order valence-corrected chi connectivity index (χ2v) is 8.36. The van der Waals surface area contributed by atoms with Gasteiger partial charge in [-0.05, 0) is 24.3 Å². The number of carbonyl (C=O) groups is 2. The molecule has 1 fully saturated rings. The quantitative estimate of drug-likeness (QED) is 0.153. The Morgan fingerprint density at radius 2 is 1.61 bits per heavy atom. The van der Waals surface area contributed by atoms with Gasteiger partial charge in [-0.15, -0.1) is 0 Å². The fourth-order valence-corrected chi connectivity index (χ4v) is 3.80. The zero-order valence-corrected chi connectivity index (χ0v) is 19.3. The maximum Gasteiger partial charge on any atom is 0.317 e. The zero-order valence-electron chi connectivity index (χ0n) is 19.3. The van der Waals surface area contributed by atoms with Crippen molar-refractivity contribution in [2.45, 2.75) is 37.1 Å². The normalized spacial score (nSPS) is 23.2. The minimum atomic E-state index is -1.94. The molecule has 14 nitrogen and oxygen atoms in total. The number of aliphatic hydroxyl groups is 3. The highest BCUT2D eigenvalue weighted by Crippen LogP contribution is 2.37. The molecule has 0 amide bonds. The average Bonchev–Trinajstić information content (AvgIpc) is 2.84. The van der Waals surface area contributed by atoms with E-state index in [1.807, 2.05) is 0 Å². The van der Waals surface area contributed by atoms with E-state index in [4.69, 9.17) is 23.7 Å². The molecule has 2 aromatic carbocycles. The number of esters is 1. The van der Waals surface area contributed by atoms with Crippen molar-refractivity contribution in [1.82, 2.24) is 0 Å². The van der Waals surface area contributed by atoms with Crippen LogP contribution >= 0.6 is 0 Å². The smallest absolute Gasteiger partial charge is 0.317 e. The topological polar surface area (TPSA) is 234 Å². The Morgan fingerprint density at radius 3 is 2.26 bits per heavy atom. The van der Waals surface area contributed by atoms with E-state index in [1.165, 1.54) is 24.3 Å². The van der Waals surface area contributed by atoms with Crippen LogP contribution in [0.4, 0.5) is 0 Å². The van der Waals surface area contributed by atoms with Gasteiger partial charge in [-0.3, -0.25) is 14.4 Å². The maximum absolute atomic E-state index is 13.4. The van der Waals surface area contributed by atoms with Crippen molar-refractivity contribution in [1.29, 1.82) is 0 Å². The minimum Gasteiger partial charge on any atom is -0.508 e. The van der Waals surface area contributed by atoms with Crippen LogP contribution in [0.15, 0.2) is 45.6 Å². The van der Waals surface area contributed by atoms with Crippen LogP contribution < -0.4 is 10.2 Å². The monoisotopic (exact) mass is 534 g/mol. The lowest BCUT2D eigenvalue weighted by atomic mass is 9.99. The van der Waals surface area contributed by atoms with Gasteiger partial charge >= 0.3 is 11.9 Å². The zero-order chi connectivity index (χ0) is 27.7. The average molecular weight is 534 g/mol. The second kappa shape index (κ2) is 10.5. The number of phenolic OH excluding ortho intramolecular Hbond substituents is 3. The molecule has 1 aliphatic rings. The summed E-state index contributed by atoms with van der Waals surface area (Å²) in [5, 5.41) is 69.0. The lowest BCUT2D eigenvalue weighted by Gasteiger charge is -2.39. The highest BCUT2D eigenvalue weighted by atomic mass is 16.7. The minimum absolute atomic E-state index is 0.113. The van der Waals surface area contributed by atoms with Crippen LogP contribution in [-0.2, 0) is 19.1 Å². The first-order valence-corrected chi connectivity index (χ1v) is 11.0. The van der Waals surface area contributed by atoms with Gasteiger partial charge < -0.3 is 54.4 Å². The molecular weight excluding hydrogens is 512 g/mol. The predicted octanol–water partition coefficient (Wildman–Crippen LogP) is -0.219. The molecule has 38 heavy (non-hydrogen) atoms. The summed E-state index contributed by atoms with van der Waals surface area (Å²) >= 11 is 0. The number of hydrogen-bond donors (Lipinski definition) is 7. The predicted molar refractivity (Wildman–Crippen MR) is 123 cm³/mol. The molecule has 7 N–H and O–H groups in total. The molecule has 1 aromatic heterocycles. The Morgan fingerprint density at radius 1 is 0.921 bits per heavy atom. The summed E-state index contributed by atoms with van der Waals surface area (Å²) in [6.07, 6.45) is -9.97. The Hall–Kier alpha value is -4.37. The van der Waals surface area contributed by atoms with Gasteiger partial charge in [0, 0.05) is 17.7 Å². The van der Waals surface area contributed by atoms with Crippen LogP contribution in [0.1, 0.15) is 6.42 Å². The Balaban J connectivity index is 1.73. The van der Waals surface area contributed by atoms with Crippen LogP contribution in [0.2, 0.25) is 0 Å². The fourth-order valence-electron chi connectivity index (χ4n) is 3.80. The number of fused-ring (bicyclic) bond motifs is 1. The summed E-state index contributed by atoms with van der Waals surface area (Å²) in [5.74, 6) is -4.68. The molecule has 0 saturated carbocycles. The number of hydrogen-bond acceptors (Lipinski definition) is 13. The molecule has 5 atom stereocenters. The number of ether oxygens (including phenoxy) is 3. The fraction of sp³-hybridized carbons (Fsp3) is 0.292. The Labute approximate surface area is 212 Å². The van der Waals surface area contributed by atoms with Crippen molar-refractivity contribution in [3.05, 3.63) is 46.6 Å². The number of benzene rings is 2. The van der Waals surface area contributed by atoms with E-state index in [0.29, 0.717) is 0 Å². The molecular formula is C24H22O14. The van der Waals surface area contributed by atoms with Gasteiger partial charge in [-0.25, -0.2) is 0 Å². The Kier molecular flexibility index (Phi) is 7.41. The van der Waals surface area contributed by atoms with Gasteiger partial charge in [0.15, 0.2) is 5.76 Å². The molecule has 202 valence electrons. The van der Waals surface area contributed by atoms with Crippen molar-refractivity contribution >= 4 is 22.9 Å². The molecule has 0 unspecified atom stereocenters. The van der Waals surface area contributed by atoms with Crippen molar-refractivity contribution in [2.75, 3.05) is 6.61 Å². The third-order valence-corrected chi connectivity index (χ3v) is 5.65. The number of carboxylic acids is 1. The third-order valence-electron chi connectivity index (χ3n) is 5.65. The first-order chi connectivity index (χ1) is 18.0. The lowest BCUT2D eigenvalue weighted by molar-refractivity contribution is -0.278. The van der Waals surface area contributed by atoms with Gasteiger partial charge in [0.1, 0.15) is 65.7 Å². The van der Waals surface area contributed by atoms with E-state index in [1.54, 1.807) is 0 Å². The van der Waals surface area contributed by atoms with Crippen LogP contribution in [0.5, 0.6) is 23.0 Å². The van der Waals surface area contributed by atoms with Crippen LogP contribution in [0.3, 0.4) is 0 Å². The Bertz CT molecular complexity index is 1410. The van der Waals surface area contributed by atoms with Crippen molar-refractivity contribution in [3.8, 4) is 34.3 Å². The van der Waals surface area contributed by atoms with E-state index >= 15 is 0 Å². The third kappa shape index (κ3) is 5.33. The summed E-state index contributed by atoms with van der Waals surface area (Å²) in [6, 6.07) is 7.22. The standard InChI is InChI=1S/C24H22O14/c25-10-3-1-9(2-4-10)22-23(19(32)17-12(27)5-11(26)6-13(17)36-22)38-24-21(34)20(33)18(31)14(37-24)8-35-16(30)7-15(28)29/h1-6,14,18,20-21,24-27,31,33-34H,7-8H2,(H,28,29)/t14-,18+,20+,21-,24+/m1/s1. The van der Waals surface area contributed by atoms with Crippen LogP contribution in [0.25, 0.3) is 22.3 Å². The highest BCUT2D eigenvalue weighted by Gasteiger charge is 2.46. The summed E-state index contributed by atoms with van der Waals surface area (Å²) < 4.78 is 21.5. The number of aromatic hydroxyl groups is 3. The first-order valence-electron chi connectivity index (χ1n) is 11.0. The van der Waals surface area contributed by atoms with Crippen molar-refractivity contribution < 1.29 is 64.0 Å². The van der Waals surface area contributed by atoms with Crippen LogP contribution in [-0.4, -0.2) is 85.0 Å². The van der Waals surface area contributed by atoms with E-state index < -0.39 is 83.7 Å². The molecule has 1 saturated heterocycles. The largest absolute Gasteiger partial charge is 0.508 e. The highest BCUT2D eigenvalue weighted by molar-refractivity contribution is 5.90. The van der Waals surface area contributed by atoms with E-state index in [0.717, 1.165) is 12.1 Å². The second-order valence-electron chi connectivity index (χ2n) is 8.36. The number of aliphatic carboxylic acids is 1. The molecule has 14 heteroatoms. The summed E-state index contributed by atoms with van der Waals surface area (Å²) in [5.41, 5.74) is -1.01. The molecule has 2 heterocycles. The number of aliphatic hydroxyl groups excluding tert-OH is 3. The molecule has 0 aliphatic carbocycles. The van der Waals surface area contributed by atoms with Gasteiger partial charge in [0.25, 0.3) is 0 Å². The van der Waals surface area contributed by atoms with E-state index in [2.05, 4.69) is 0 Å². The van der Waals surface area contributed by atoms with Crippen molar-refractivity contribution in [2.24, 2.45) is 0 Å². The van der Waals surface area contributed by atoms with Gasteiger partial charge in [0.05, 0.1) is 0 Å². The lowest BCUT2D eigenvalue weighted by Crippen LogP contribution is -2.60. The van der Waals surface area contributed by atoms with Gasteiger partial charge in [-0.2, -0.15) is 0 Å². The molecule has 0 bridgehead atoms. The summed E-state index contributed by atoms with van der Waals surface area (Å²) in [7, 11) is 0. The molecule has 3 aromatic rings. The molecule has 0 spiro atoms. The van der Waals surface area contributed by atoms with Gasteiger partial charge in [-0.1, -0.05) is 0 Å². The number of carbonyl (C=O) groups excluding carboxylic acids is 1. The summed E-state index contributed by atoms with van der Waals surface area (Å²) in [4.78, 5) is 35.6. The van der Waals surface area contributed by atoms with E-state index in [-0.39, 0.29) is 22.7 Å². The molecule has 4 rings (SSSR count). The molecule has 1 aliphatic heterocycles. The van der Waals surface area contributed by atoms with Gasteiger partial charge in [0.2, 0.25) is 17.5 Å². The number of carboxylic acid groups (broad SMARTS) is 1. The van der Waals surface area contributed by atoms with E-state index in [9.17, 15) is 45.0 Å². The number of phenols is 3. The number of rotatable bonds is 7. The maximum atomic E-state index is 13.4. The van der Waals surface area contributed by atoms with Crippen LogP contribution in [0, 0.1) is 0 Å². The SMILES string of the molecule is O=C(O)CC(=O)OC[C@H]1O[C@@H](Oc2c(-c3ccc(O)cc3)oc3cc(O)cc(O)c3c2=O)[C@H](O)[C@@H](O)[C@H]1O. The van der Waals surface area contributed by atoms with Crippen molar-refractivity contribution in [3.63, 3.8) is 0 Å².